The van der Waals surface area contributed by atoms with E-state index < -0.39 is 6.04 Å². The summed E-state index contributed by atoms with van der Waals surface area (Å²) in [7, 11) is 1.61. The number of carbonyl (C=O) groups is 1. The summed E-state index contributed by atoms with van der Waals surface area (Å²) in [6, 6.07) is 13.9. The highest BCUT2D eigenvalue weighted by atomic mass is 32.1. The van der Waals surface area contributed by atoms with E-state index in [2.05, 4.69) is 10.3 Å². The number of amides is 1. The Labute approximate surface area is 189 Å². The van der Waals surface area contributed by atoms with Crippen molar-refractivity contribution in [3.8, 4) is 22.6 Å². The van der Waals surface area contributed by atoms with Crippen LogP contribution in [-0.4, -0.2) is 29.2 Å². The van der Waals surface area contributed by atoms with Gasteiger partial charge in [0.15, 0.2) is 0 Å². The van der Waals surface area contributed by atoms with Crippen LogP contribution in [0.25, 0.3) is 21.3 Å². The van der Waals surface area contributed by atoms with Gasteiger partial charge in [0.05, 0.1) is 31.1 Å². The van der Waals surface area contributed by atoms with Gasteiger partial charge >= 0.3 is 0 Å². The first-order chi connectivity index (χ1) is 15.5. The molecule has 0 aliphatic rings. The smallest absolute Gasteiger partial charge is 0.263 e. The Bertz CT molecular complexity index is 1310. The molecule has 8 heteroatoms. The first kappa shape index (κ1) is 21.6. The van der Waals surface area contributed by atoms with Gasteiger partial charge in [-0.3, -0.25) is 14.2 Å². The standard InChI is InChI=1S/C24H23N3O4S/c1-4-31-20-8-6-5-7-19(20)26-22(28)15(2)27-14-25-23-21(24(27)29)18(13-32-23)16-9-11-17(30-3)12-10-16/h5-15H,4H2,1-3H3,(H,26,28). The summed E-state index contributed by atoms with van der Waals surface area (Å²) in [6.07, 6.45) is 1.43. The van der Waals surface area contributed by atoms with Gasteiger partial charge in [0.1, 0.15) is 22.4 Å². The van der Waals surface area contributed by atoms with Crippen LogP contribution in [0.3, 0.4) is 0 Å². The van der Waals surface area contributed by atoms with Gasteiger partial charge in [0.2, 0.25) is 5.91 Å². The van der Waals surface area contributed by atoms with Gasteiger partial charge in [-0.2, -0.15) is 0 Å². The minimum absolute atomic E-state index is 0.261. The van der Waals surface area contributed by atoms with Crippen molar-refractivity contribution in [3.63, 3.8) is 0 Å². The number of ether oxygens (including phenoxy) is 2. The molecule has 32 heavy (non-hydrogen) atoms. The third kappa shape index (κ3) is 4.09. The minimum atomic E-state index is -0.766. The zero-order valence-electron chi connectivity index (χ0n) is 18.0. The van der Waals surface area contributed by atoms with Crippen molar-refractivity contribution in [3.05, 3.63) is 70.6 Å². The number of thiophene rings is 1. The number of para-hydroxylation sites is 2. The van der Waals surface area contributed by atoms with Crippen LogP contribution in [0.15, 0.2) is 65.0 Å². The Kier molecular flexibility index (Phi) is 6.23. The average molecular weight is 450 g/mol. The fourth-order valence-corrected chi connectivity index (χ4v) is 4.33. The van der Waals surface area contributed by atoms with Gasteiger partial charge in [0, 0.05) is 10.9 Å². The second kappa shape index (κ2) is 9.23. The molecule has 0 aliphatic heterocycles. The van der Waals surface area contributed by atoms with Gasteiger partial charge in [-0.15, -0.1) is 11.3 Å². The minimum Gasteiger partial charge on any atom is -0.497 e. The van der Waals surface area contributed by atoms with Crippen LogP contribution in [0.2, 0.25) is 0 Å². The molecular formula is C24H23N3O4S. The predicted molar refractivity (Wildman–Crippen MR) is 127 cm³/mol. The normalized spacial score (nSPS) is 11.8. The van der Waals surface area contributed by atoms with Gasteiger partial charge in [-0.05, 0) is 43.7 Å². The number of aromatic nitrogens is 2. The lowest BCUT2D eigenvalue weighted by Crippen LogP contribution is -2.31. The van der Waals surface area contributed by atoms with E-state index in [1.165, 1.54) is 22.2 Å². The summed E-state index contributed by atoms with van der Waals surface area (Å²) in [5.41, 5.74) is 1.97. The number of fused-ring (bicyclic) bond motifs is 1. The molecule has 2 aromatic heterocycles. The number of carbonyl (C=O) groups excluding carboxylic acids is 1. The van der Waals surface area contributed by atoms with Crippen molar-refractivity contribution in [2.24, 2.45) is 0 Å². The Balaban J connectivity index is 1.68. The number of nitrogens with one attached hydrogen (secondary N) is 1. The fourth-order valence-electron chi connectivity index (χ4n) is 3.42. The van der Waals surface area contributed by atoms with Gasteiger partial charge in [0.25, 0.3) is 5.56 Å². The summed E-state index contributed by atoms with van der Waals surface area (Å²) in [5.74, 6) is 0.985. The van der Waals surface area contributed by atoms with Crippen LogP contribution in [0.4, 0.5) is 5.69 Å². The summed E-state index contributed by atoms with van der Waals surface area (Å²) < 4.78 is 12.2. The Morgan fingerprint density at radius 2 is 1.94 bits per heavy atom. The molecule has 0 bridgehead atoms. The zero-order valence-corrected chi connectivity index (χ0v) is 18.8. The summed E-state index contributed by atoms with van der Waals surface area (Å²) in [6.45, 7) is 4.03. The maximum atomic E-state index is 13.4. The average Bonchev–Trinajstić information content (AvgIpc) is 3.25. The van der Waals surface area contributed by atoms with Gasteiger partial charge in [-0.25, -0.2) is 4.98 Å². The van der Waals surface area contributed by atoms with E-state index in [0.717, 1.165) is 16.9 Å². The fraction of sp³-hybridized carbons (Fsp3) is 0.208. The monoisotopic (exact) mass is 449 g/mol. The van der Waals surface area contributed by atoms with E-state index in [4.69, 9.17) is 9.47 Å². The van der Waals surface area contributed by atoms with Crippen molar-refractivity contribution in [1.29, 1.82) is 0 Å². The Morgan fingerprint density at radius 3 is 2.66 bits per heavy atom. The van der Waals surface area contributed by atoms with E-state index in [0.29, 0.717) is 28.3 Å². The number of methoxy groups -OCH3 is 1. The molecule has 164 valence electrons. The third-order valence-electron chi connectivity index (χ3n) is 5.16. The maximum Gasteiger partial charge on any atom is 0.263 e. The van der Waals surface area contributed by atoms with E-state index in [1.807, 2.05) is 48.7 Å². The van der Waals surface area contributed by atoms with Crippen LogP contribution >= 0.6 is 11.3 Å². The quantitative estimate of drug-likeness (QED) is 0.441. The van der Waals surface area contributed by atoms with E-state index in [9.17, 15) is 9.59 Å². The molecule has 0 aliphatic carbocycles. The van der Waals surface area contributed by atoms with E-state index >= 15 is 0 Å². The summed E-state index contributed by atoms with van der Waals surface area (Å²) in [5, 5.41) is 5.27. The number of nitrogens with zero attached hydrogens (tertiary/aromatic N) is 2. The van der Waals surface area contributed by atoms with Crippen LogP contribution in [0.5, 0.6) is 11.5 Å². The number of anilines is 1. The SMILES string of the molecule is CCOc1ccccc1NC(=O)C(C)n1cnc2scc(-c3ccc(OC)cc3)c2c1=O. The van der Waals surface area contributed by atoms with Crippen molar-refractivity contribution in [2.75, 3.05) is 19.0 Å². The first-order valence-corrected chi connectivity index (χ1v) is 11.1. The molecule has 1 amide bonds. The van der Waals surface area contributed by atoms with Crippen LogP contribution < -0.4 is 20.3 Å². The van der Waals surface area contributed by atoms with Crippen LogP contribution in [0, 0.1) is 0 Å². The molecule has 4 aromatic rings. The summed E-state index contributed by atoms with van der Waals surface area (Å²) in [4.78, 5) is 31.4. The summed E-state index contributed by atoms with van der Waals surface area (Å²) >= 11 is 1.40. The molecule has 1 N–H and O–H groups in total. The molecule has 0 saturated heterocycles. The number of benzene rings is 2. The highest BCUT2D eigenvalue weighted by molar-refractivity contribution is 7.17. The number of rotatable bonds is 7. The molecule has 2 aromatic carbocycles. The second-order valence-electron chi connectivity index (χ2n) is 7.11. The van der Waals surface area contributed by atoms with Crippen molar-refractivity contribution in [2.45, 2.75) is 19.9 Å². The molecule has 0 radical (unpaired) electrons. The maximum absolute atomic E-state index is 13.4. The Morgan fingerprint density at radius 1 is 1.19 bits per heavy atom. The third-order valence-corrected chi connectivity index (χ3v) is 6.05. The highest BCUT2D eigenvalue weighted by Crippen LogP contribution is 2.32. The van der Waals surface area contributed by atoms with Crippen LogP contribution in [-0.2, 0) is 4.79 Å². The highest BCUT2D eigenvalue weighted by Gasteiger charge is 2.21. The zero-order chi connectivity index (χ0) is 22.7. The molecular weight excluding hydrogens is 426 g/mol. The lowest BCUT2D eigenvalue weighted by atomic mass is 10.1. The van der Waals surface area contributed by atoms with Crippen LogP contribution in [0.1, 0.15) is 19.9 Å². The van der Waals surface area contributed by atoms with Crippen molar-refractivity contribution in [1.82, 2.24) is 9.55 Å². The van der Waals surface area contributed by atoms with Crippen molar-refractivity contribution < 1.29 is 14.3 Å². The number of hydrogen-bond donors (Lipinski definition) is 1. The lowest BCUT2D eigenvalue weighted by Gasteiger charge is -2.17. The van der Waals surface area contributed by atoms with Gasteiger partial charge in [-0.1, -0.05) is 24.3 Å². The first-order valence-electron chi connectivity index (χ1n) is 10.2. The predicted octanol–water partition coefficient (Wildman–Crippen LogP) is 4.73. The molecule has 0 saturated carbocycles. The molecule has 4 rings (SSSR count). The van der Waals surface area contributed by atoms with Crippen molar-refractivity contribution >= 4 is 33.1 Å². The molecule has 0 spiro atoms. The molecule has 1 atom stereocenters. The van der Waals surface area contributed by atoms with E-state index in [1.54, 1.807) is 26.2 Å². The second-order valence-corrected chi connectivity index (χ2v) is 7.97. The largest absolute Gasteiger partial charge is 0.497 e. The lowest BCUT2D eigenvalue weighted by molar-refractivity contribution is -0.118. The van der Waals surface area contributed by atoms with Gasteiger partial charge < -0.3 is 14.8 Å². The topological polar surface area (TPSA) is 82.4 Å². The molecule has 7 nitrogen and oxygen atoms in total. The molecule has 1 unspecified atom stereocenters. The Hall–Kier alpha value is -3.65. The molecule has 0 fully saturated rings. The van der Waals surface area contributed by atoms with E-state index in [-0.39, 0.29) is 11.5 Å². The number of hydrogen-bond acceptors (Lipinski definition) is 6. The molecule has 2 heterocycles.